The van der Waals surface area contributed by atoms with Crippen molar-refractivity contribution in [3.63, 3.8) is 0 Å². The normalized spacial score (nSPS) is 10.1. The van der Waals surface area contributed by atoms with Gasteiger partial charge in [0.15, 0.2) is 0 Å². The minimum absolute atomic E-state index is 0.263. The van der Waals surface area contributed by atoms with Crippen molar-refractivity contribution in [3.8, 4) is 11.5 Å². The van der Waals surface area contributed by atoms with Gasteiger partial charge >= 0.3 is 0 Å². The van der Waals surface area contributed by atoms with Crippen LogP contribution in [0.4, 0.5) is 0 Å². The Kier molecular flexibility index (Phi) is 4.02. The zero-order valence-electron chi connectivity index (χ0n) is 10.6. The van der Waals surface area contributed by atoms with Gasteiger partial charge in [0.2, 0.25) is 0 Å². The monoisotopic (exact) mass is 276 g/mol. The highest BCUT2D eigenvalue weighted by atomic mass is 35.5. The Balaban J connectivity index is 2.26. The number of pyridine rings is 1. The summed E-state index contributed by atoms with van der Waals surface area (Å²) in [5.74, 6) is 0.793. The van der Waals surface area contributed by atoms with Gasteiger partial charge in [-0.1, -0.05) is 17.7 Å². The number of aromatic nitrogens is 1. The summed E-state index contributed by atoms with van der Waals surface area (Å²) in [6, 6.07) is 8.75. The van der Waals surface area contributed by atoms with Crippen molar-refractivity contribution in [2.75, 3.05) is 7.05 Å². The van der Waals surface area contributed by atoms with Gasteiger partial charge in [0.05, 0.1) is 5.02 Å². The Bertz CT molecular complexity index is 614. The smallest absolute Gasteiger partial charge is 0.269 e. The van der Waals surface area contributed by atoms with Gasteiger partial charge in [0, 0.05) is 19.3 Å². The summed E-state index contributed by atoms with van der Waals surface area (Å²) in [7, 11) is 1.55. The molecule has 0 saturated carbocycles. The molecule has 1 amide bonds. The number of ether oxygens (including phenoxy) is 1. The molecule has 0 aliphatic heterocycles. The van der Waals surface area contributed by atoms with Crippen LogP contribution >= 0.6 is 11.6 Å². The Hall–Kier alpha value is -2.07. The summed E-state index contributed by atoms with van der Waals surface area (Å²) in [6.45, 7) is 1.95. The fourth-order valence-corrected chi connectivity index (χ4v) is 1.82. The van der Waals surface area contributed by atoms with Gasteiger partial charge in [-0.2, -0.15) is 0 Å². The highest BCUT2D eigenvalue weighted by molar-refractivity contribution is 6.32. The molecule has 2 rings (SSSR count). The second kappa shape index (κ2) is 5.71. The fraction of sp³-hybridized carbons (Fsp3) is 0.143. The minimum Gasteiger partial charge on any atom is -0.456 e. The number of nitrogens with one attached hydrogen (secondary N) is 1. The van der Waals surface area contributed by atoms with Crippen LogP contribution in [0.2, 0.25) is 5.02 Å². The van der Waals surface area contributed by atoms with Crippen molar-refractivity contribution in [1.82, 2.24) is 10.3 Å². The molecule has 19 heavy (non-hydrogen) atoms. The molecular weight excluding hydrogens is 264 g/mol. The number of carbonyl (C=O) groups is 1. The highest BCUT2D eigenvalue weighted by Gasteiger charge is 2.08. The van der Waals surface area contributed by atoms with Crippen LogP contribution in [0.5, 0.6) is 11.5 Å². The average Bonchev–Trinajstić information content (AvgIpc) is 2.41. The molecule has 0 radical (unpaired) electrons. The van der Waals surface area contributed by atoms with Crippen molar-refractivity contribution in [2.24, 2.45) is 0 Å². The van der Waals surface area contributed by atoms with Crippen LogP contribution in [-0.2, 0) is 0 Å². The van der Waals surface area contributed by atoms with Crippen molar-refractivity contribution in [2.45, 2.75) is 6.92 Å². The quantitative estimate of drug-likeness (QED) is 0.937. The van der Waals surface area contributed by atoms with Crippen LogP contribution in [0.3, 0.4) is 0 Å². The van der Waals surface area contributed by atoms with Crippen molar-refractivity contribution in [1.29, 1.82) is 0 Å². The highest BCUT2D eigenvalue weighted by Crippen LogP contribution is 2.29. The van der Waals surface area contributed by atoms with Crippen LogP contribution in [0.15, 0.2) is 36.5 Å². The van der Waals surface area contributed by atoms with E-state index in [4.69, 9.17) is 16.3 Å². The number of hydrogen-bond acceptors (Lipinski definition) is 3. The third kappa shape index (κ3) is 3.23. The molecule has 0 unspecified atom stereocenters. The lowest BCUT2D eigenvalue weighted by molar-refractivity contribution is 0.0958. The third-order valence-electron chi connectivity index (χ3n) is 2.51. The molecule has 4 nitrogen and oxygen atoms in total. The topological polar surface area (TPSA) is 51.2 Å². The molecule has 1 N–H and O–H groups in total. The lowest BCUT2D eigenvalue weighted by Crippen LogP contribution is -2.18. The number of aryl methyl sites for hydroxylation is 1. The first-order valence-corrected chi connectivity index (χ1v) is 6.10. The molecule has 0 fully saturated rings. The Labute approximate surface area is 116 Å². The molecule has 0 aliphatic carbocycles. The van der Waals surface area contributed by atoms with Gasteiger partial charge in [0.25, 0.3) is 5.91 Å². The van der Waals surface area contributed by atoms with Crippen LogP contribution < -0.4 is 10.1 Å². The van der Waals surface area contributed by atoms with E-state index in [1.165, 1.54) is 6.20 Å². The second-order valence-corrected chi connectivity index (χ2v) is 4.40. The molecule has 5 heteroatoms. The van der Waals surface area contributed by atoms with Gasteiger partial charge < -0.3 is 10.1 Å². The molecule has 2 aromatic rings. The van der Waals surface area contributed by atoms with E-state index in [2.05, 4.69) is 10.3 Å². The lowest BCUT2D eigenvalue weighted by Gasteiger charge is -2.08. The van der Waals surface area contributed by atoms with Crippen LogP contribution in [0.1, 0.15) is 16.1 Å². The van der Waals surface area contributed by atoms with E-state index in [-0.39, 0.29) is 5.91 Å². The average molecular weight is 277 g/mol. The van der Waals surface area contributed by atoms with Gasteiger partial charge in [-0.15, -0.1) is 0 Å². The van der Waals surface area contributed by atoms with Gasteiger partial charge in [-0.25, -0.2) is 0 Å². The molecule has 1 aromatic carbocycles. The number of amides is 1. The summed E-state index contributed by atoms with van der Waals surface area (Å²) < 4.78 is 5.65. The van der Waals surface area contributed by atoms with Crippen LogP contribution in [0.25, 0.3) is 0 Å². The van der Waals surface area contributed by atoms with E-state index in [1.807, 2.05) is 19.1 Å². The first-order chi connectivity index (χ1) is 9.10. The molecule has 1 aromatic heterocycles. The number of benzene rings is 1. The maximum absolute atomic E-state index is 11.5. The molecule has 1 heterocycles. The predicted octanol–water partition coefficient (Wildman–Crippen LogP) is 3.20. The molecule has 0 aliphatic rings. The van der Waals surface area contributed by atoms with E-state index in [0.717, 1.165) is 5.56 Å². The third-order valence-corrected chi connectivity index (χ3v) is 2.80. The zero-order valence-corrected chi connectivity index (χ0v) is 11.4. The summed E-state index contributed by atoms with van der Waals surface area (Å²) in [4.78, 5) is 15.4. The standard InChI is InChI=1S/C14H13ClN2O2/c1-9-3-4-13(11(15)7-9)19-10-5-6-17-12(8-10)14(18)16-2/h3-8H,1-2H3,(H,16,18). The van der Waals surface area contributed by atoms with E-state index in [1.54, 1.807) is 25.2 Å². The Morgan fingerprint density at radius 1 is 1.32 bits per heavy atom. The molecular formula is C14H13ClN2O2. The SMILES string of the molecule is CNC(=O)c1cc(Oc2ccc(C)cc2Cl)ccn1. The van der Waals surface area contributed by atoms with Crippen molar-refractivity contribution >= 4 is 17.5 Å². The Morgan fingerprint density at radius 3 is 2.79 bits per heavy atom. The number of halogens is 1. The number of hydrogen-bond donors (Lipinski definition) is 1. The molecule has 0 bridgehead atoms. The van der Waals surface area contributed by atoms with Crippen molar-refractivity contribution in [3.05, 3.63) is 52.8 Å². The van der Waals surface area contributed by atoms with Gasteiger partial charge in [0.1, 0.15) is 17.2 Å². The maximum Gasteiger partial charge on any atom is 0.269 e. The predicted molar refractivity (Wildman–Crippen MR) is 73.9 cm³/mol. The van der Waals surface area contributed by atoms with Gasteiger partial charge in [-0.3, -0.25) is 9.78 Å². The van der Waals surface area contributed by atoms with E-state index in [0.29, 0.717) is 22.2 Å². The second-order valence-electron chi connectivity index (χ2n) is 3.99. The van der Waals surface area contributed by atoms with E-state index in [9.17, 15) is 4.79 Å². The first-order valence-electron chi connectivity index (χ1n) is 5.72. The molecule has 0 spiro atoms. The largest absolute Gasteiger partial charge is 0.456 e. The van der Waals surface area contributed by atoms with E-state index < -0.39 is 0 Å². The van der Waals surface area contributed by atoms with Crippen LogP contribution in [-0.4, -0.2) is 17.9 Å². The fourth-order valence-electron chi connectivity index (χ4n) is 1.54. The molecule has 0 saturated heterocycles. The Morgan fingerprint density at radius 2 is 2.11 bits per heavy atom. The van der Waals surface area contributed by atoms with E-state index >= 15 is 0 Å². The number of carbonyl (C=O) groups excluding carboxylic acids is 1. The van der Waals surface area contributed by atoms with Gasteiger partial charge in [-0.05, 0) is 30.7 Å². The summed E-state index contributed by atoms with van der Waals surface area (Å²) in [5.41, 5.74) is 1.35. The molecule has 98 valence electrons. The van der Waals surface area contributed by atoms with Crippen molar-refractivity contribution < 1.29 is 9.53 Å². The summed E-state index contributed by atoms with van der Waals surface area (Å²) in [5, 5.41) is 3.03. The lowest BCUT2D eigenvalue weighted by atomic mass is 10.2. The first kappa shape index (κ1) is 13.4. The zero-order chi connectivity index (χ0) is 13.8. The van der Waals surface area contributed by atoms with Crippen LogP contribution in [0, 0.1) is 6.92 Å². The maximum atomic E-state index is 11.5. The summed E-state index contributed by atoms with van der Waals surface area (Å²) >= 11 is 6.09. The number of rotatable bonds is 3. The minimum atomic E-state index is -0.263. The molecule has 0 atom stereocenters. The number of nitrogens with zero attached hydrogens (tertiary/aromatic N) is 1. The summed E-state index contributed by atoms with van der Waals surface area (Å²) in [6.07, 6.45) is 1.52.